The minimum Gasteiger partial charge on any atom is -0.278 e. The van der Waals surface area contributed by atoms with E-state index in [1.165, 1.54) is 44.5 Å². The lowest BCUT2D eigenvalue weighted by Gasteiger charge is -2.23. The molecule has 0 bridgehead atoms. The van der Waals surface area contributed by atoms with Gasteiger partial charge in [-0.2, -0.15) is 0 Å². The van der Waals surface area contributed by atoms with Crippen LogP contribution in [-0.2, 0) is 0 Å². The molecule has 0 radical (unpaired) electrons. The van der Waals surface area contributed by atoms with E-state index in [-0.39, 0.29) is 0 Å². The Morgan fingerprint density at radius 1 is 0.310 bits per heavy atom. The largest absolute Gasteiger partial charge is 0.278 e. The smallest absolute Gasteiger partial charge is 0.220 e. The van der Waals surface area contributed by atoms with Gasteiger partial charge >= 0.3 is 0 Å². The van der Waals surface area contributed by atoms with Gasteiger partial charge in [0.05, 0.1) is 49.8 Å². The fourth-order valence-corrected chi connectivity index (χ4v) is 9.80. The number of nitrogens with zero attached hydrogens (tertiary/aromatic N) is 6. The third kappa shape index (κ3) is 4.10. The summed E-state index contributed by atoms with van der Waals surface area (Å²) in [6, 6.07) is 61.8. The van der Waals surface area contributed by atoms with Crippen molar-refractivity contribution in [3.63, 3.8) is 0 Å². The zero-order chi connectivity index (χ0) is 38.2. The second-order valence-corrected chi connectivity index (χ2v) is 15.6. The van der Waals surface area contributed by atoms with Gasteiger partial charge < -0.3 is 0 Å². The lowest BCUT2D eigenvalue weighted by atomic mass is 9.81. The molecular formula is C52H34N6. The molecule has 0 amide bonds. The van der Waals surface area contributed by atoms with Crippen molar-refractivity contribution in [3.05, 3.63) is 181 Å². The molecule has 4 heterocycles. The van der Waals surface area contributed by atoms with Gasteiger partial charge in [-0.3, -0.25) is 17.9 Å². The van der Waals surface area contributed by atoms with Crippen LogP contribution in [-0.4, -0.2) is 27.9 Å². The van der Waals surface area contributed by atoms with Crippen LogP contribution in [0, 0.1) is 13.8 Å². The molecule has 0 N–H and O–H groups in total. The molecule has 0 atom stereocenters. The molecule has 1 aliphatic carbocycles. The number of hydrogen-bond acceptors (Lipinski definition) is 2. The summed E-state index contributed by atoms with van der Waals surface area (Å²) in [5.41, 5.74) is 22.9. The monoisotopic (exact) mass is 742 g/mol. The van der Waals surface area contributed by atoms with Crippen LogP contribution < -0.4 is 0 Å². The number of hydrogen-bond donors (Lipinski definition) is 0. The Morgan fingerprint density at radius 3 is 1.26 bits per heavy atom. The van der Waals surface area contributed by atoms with Gasteiger partial charge in [0, 0.05) is 5.69 Å². The molecule has 0 fully saturated rings. The third-order valence-electron chi connectivity index (χ3n) is 12.4. The van der Waals surface area contributed by atoms with Gasteiger partial charge in [-0.1, -0.05) is 115 Å². The number of rotatable bonds is 2. The quantitative estimate of drug-likeness (QED) is 0.177. The molecule has 1 aliphatic rings. The van der Waals surface area contributed by atoms with Crippen molar-refractivity contribution in [1.82, 2.24) is 27.9 Å². The first-order valence-electron chi connectivity index (χ1n) is 19.9. The molecule has 0 saturated carbocycles. The van der Waals surface area contributed by atoms with Gasteiger partial charge in [-0.15, -0.1) is 0 Å². The van der Waals surface area contributed by atoms with Crippen LogP contribution in [0.25, 0.3) is 112 Å². The predicted octanol–water partition coefficient (Wildman–Crippen LogP) is 12.8. The van der Waals surface area contributed by atoms with Crippen LogP contribution in [0.15, 0.2) is 170 Å². The molecule has 8 aromatic carbocycles. The molecule has 0 unspecified atom stereocenters. The Kier molecular flexibility index (Phi) is 6.21. The Morgan fingerprint density at radius 2 is 0.707 bits per heavy atom. The molecule has 0 aliphatic heterocycles. The zero-order valence-electron chi connectivity index (χ0n) is 31.8. The summed E-state index contributed by atoms with van der Waals surface area (Å²) in [5, 5.41) is 0. The van der Waals surface area contributed by atoms with Crippen molar-refractivity contribution < 1.29 is 0 Å². The van der Waals surface area contributed by atoms with E-state index in [0.717, 1.165) is 78.2 Å². The first-order chi connectivity index (χ1) is 28.6. The fraction of sp³-hybridized carbons (Fsp3) is 0.0385. The highest BCUT2D eigenvalue weighted by Crippen LogP contribution is 2.48. The van der Waals surface area contributed by atoms with Crippen molar-refractivity contribution >= 4 is 55.7 Å². The molecule has 0 saturated heterocycles. The van der Waals surface area contributed by atoms with Crippen molar-refractivity contribution in [2.24, 2.45) is 0 Å². The summed E-state index contributed by atoms with van der Waals surface area (Å²) in [6.45, 7) is 4.29. The first-order valence-corrected chi connectivity index (χ1v) is 19.9. The SMILES string of the molecule is Cc1cccc2c1nc1n(-c3ccc4c(c3)n3c5cccc(C)c5nc3n4-c3ccc4c(c3)-c3ccccc3-c3ccccc3-c3ccccc3-4)c3ccccc3n21. The lowest BCUT2D eigenvalue weighted by Crippen LogP contribution is -2.00. The number of fused-ring (bicyclic) bond motifs is 18. The van der Waals surface area contributed by atoms with Crippen LogP contribution >= 0.6 is 0 Å². The summed E-state index contributed by atoms with van der Waals surface area (Å²) in [5.74, 6) is 1.78. The summed E-state index contributed by atoms with van der Waals surface area (Å²) in [4.78, 5) is 10.7. The number of aromatic nitrogens is 6. The normalized spacial score (nSPS) is 12.3. The highest BCUT2D eigenvalue weighted by Gasteiger charge is 2.25. The molecule has 6 heteroatoms. The van der Waals surface area contributed by atoms with E-state index >= 15 is 0 Å². The van der Waals surface area contributed by atoms with E-state index in [9.17, 15) is 0 Å². The highest BCUT2D eigenvalue weighted by molar-refractivity contribution is 6.04. The average Bonchev–Trinajstić information content (AvgIpc) is 4.01. The van der Waals surface area contributed by atoms with Crippen molar-refractivity contribution in [1.29, 1.82) is 0 Å². The van der Waals surface area contributed by atoms with Gasteiger partial charge in [-0.05, 0) is 124 Å². The van der Waals surface area contributed by atoms with Gasteiger partial charge in [0.1, 0.15) is 0 Å². The molecule has 272 valence electrons. The van der Waals surface area contributed by atoms with Crippen LogP contribution in [0.2, 0.25) is 0 Å². The number of benzene rings is 8. The Bertz CT molecular complexity index is 3710. The maximum atomic E-state index is 5.42. The van der Waals surface area contributed by atoms with Crippen LogP contribution in [0.1, 0.15) is 11.1 Å². The molecular weight excluding hydrogens is 709 g/mol. The van der Waals surface area contributed by atoms with Gasteiger partial charge in [0.2, 0.25) is 11.6 Å². The van der Waals surface area contributed by atoms with Crippen molar-refractivity contribution in [3.8, 4) is 55.9 Å². The minimum atomic E-state index is 0.881. The molecule has 6 nitrogen and oxygen atoms in total. The summed E-state index contributed by atoms with van der Waals surface area (Å²) in [6.07, 6.45) is 0. The molecule has 12 aromatic rings. The number of aryl methyl sites for hydroxylation is 2. The summed E-state index contributed by atoms with van der Waals surface area (Å²) < 4.78 is 9.29. The lowest BCUT2D eigenvalue weighted by molar-refractivity contribution is 1.11. The van der Waals surface area contributed by atoms with Crippen molar-refractivity contribution in [2.75, 3.05) is 0 Å². The first kappa shape index (κ1) is 31.5. The standard InChI is InChI=1S/C52H34N6/c1-31-13-11-23-46-49(31)53-51-56(43-21-9-10-22-44(43)57(46)51)34-26-28-45-48(30-34)58-47-24-12-14-32(2)50(47)54-52(58)55(45)33-25-27-41-39-19-6-5-17-37(39)35-15-3-4-16-36(35)38-18-7-8-20-40(38)42(41)29-33/h3-30H,1-2H3. The summed E-state index contributed by atoms with van der Waals surface area (Å²) >= 11 is 0. The van der Waals surface area contributed by atoms with Crippen LogP contribution in [0.3, 0.4) is 0 Å². The van der Waals surface area contributed by atoms with Gasteiger partial charge in [0.15, 0.2) is 0 Å². The highest BCUT2D eigenvalue weighted by atomic mass is 15.2. The Balaban J connectivity index is 1.11. The Hall–Kier alpha value is -7.70. The molecule has 0 spiro atoms. The van der Waals surface area contributed by atoms with E-state index in [4.69, 9.17) is 9.97 Å². The van der Waals surface area contributed by atoms with E-state index in [0.29, 0.717) is 0 Å². The number of imidazole rings is 4. The van der Waals surface area contributed by atoms with E-state index in [1.807, 2.05) is 0 Å². The van der Waals surface area contributed by atoms with Crippen molar-refractivity contribution in [2.45, 2.75) is 13.8 Å². The van der Waals surface area contributed by atoms with Gasteiger partial charge in [0.25, 0.3) is 0 Å². The third-order valence-corrected chi connectivity index (χ3v) is 12.4. The molecule has 4 aromatic heterocycles. The predicted molar refractivity (Wildman–Crippen MR) is 237 cm³/mol. The Labute approximate surface area is 333 Å². The zero-order valence-corrected chi connectivity index (χ0v) is 31.8. The maximum absolute atomic E-state index is 5.42. The maximum Gasteiger partial charge on any atom is 0.220 e. The second-order valence-electron chi connectivity index (χ2n) is 15.6. The minimum absolute atomic E-state index is 0.881. The average molecular weight is 743 g/mol. The summed E-state index contributed by atoms with van der Waals surface area (Å²) in [7, 11) is 0. The number of para-hydroxylation sites is 4. The molecule has 13 rings (SSSR count). The van der Waals surface area contributed by atoms with E-state index < -0.39 is 0 Å². The van der Waals surface area contributed by atoms with Crippen LogP contribution in [0.5, 0.6) is 0 Å². The van der Waals surface area contributed by atoms with Gasteiger partial charge in [-0.25, -0.2) is 9.97 Å². The molecule has 58 heavy (non-hydrogen) atoms. The van der Waals surface area contributed by atoms with E-state index in [1.54, 1.807) is 0 Å². The van der Waals surface area contributed by atoms with Crippen LogP contribution in [0.4, 0.5) is 0 Å². The second kappa shape index (κ2) is 11.4. The fourth-order valence-electron chi connectivity index (χ4n) is 9.80. The topological polar surface area (TPSA) is 44.5 Å². The van der Waals surface area contributed by atoms with E-state index in [2.05, 4.69) is 202 Å².